The molecule has 2 aromatic rings. The van der Waals surface area contributed by atoms with Crippen LogP contribution in [0.1, 0.15) is 23.6 Å². The number of aromatic nitrogens is 1. The van der Waals surface area contributed by atoms with Gasteiger partial charge in [0.2, 0.25) is 0 Å². The van der Waals surface area contributed by atoms with Crippen molar-refractivity contribution in [1.82, 2.24) is 4.57 Å². The average Bonchev–Trinajstić information content (AvgIpc) is 2.92. The number of para-hydroxylation sites is 1. The molecule has 5 heteroatoms. The van der Waals surface area contributed by atoms with Crippen molar-refractivity contribution in [3.8, 4) is 0 Å². The summed E-state index contributed by atoms with van der Waals surface area (Å²) in [6.45, 7) is 3.92. The lowest BCUT2D eigenvalue weighted by molar-refractivity contribution is -0.170. The third-order valence-corrected chi connectivity index (χ3v) is 5.12. The Morgan fingerprint density at radius 3 is 2.46 bits per heavy atom. The summed E-state index contributed by atoms with van der Waals surface area (Å²) in [6.07, 6.45) is 2.36. The number of esters is 2. The zero-order valence-corrected chi connectivity index (χ0v) is 14.2. The third-order valence-electron chi connectivity index (χ3n) is 5.12. The third kappa shape index (κ3) is 2.08. The highest BCUT2D eigenvalue weighted by Gasteiger charge is 2.53. The summed E-state index contributed by atoms with van der Waals surface area (Å²) < 4.78 is 12.0. The van der Waals surface area contributed by atoms with Crippen LogP contribution >= 0.6 is 0 Å². The molecule has 0 saturated heterocycles. The number of carbonyl (C=O) groups excluding carboxylic acids is 2. The topological polar surface area (TPSA) is 57.5 Å². The van der Waals surface area contributed by atoms with Gasteiger partial charge in [-0.05, 0) is 18.1 Å². The minimum Gasteiger partial charge on any atom is -0.468 e. The first kappa shape index (κ1) is 16.3. The number of hydrogen-bond acceptors (Lipinski definition) is 4. The molecule has 1 atom stereocenters. The number of aryl methyl sites for hydroxylation is 1. The zero-order valence-electron chi connectivity index (χ0n) is 14.2. The maximum Gasteiger partial charge on any atom is 0.323 e. The second kappa shape index (κ2) is 5.82. The number of methoxy groups -OCH3 is 2. The van der Waals surface area contributed by atoms with Crippen LogP contribution in [0.15, 0.2) is 36.9 Å². The van der Waals surface area contributed by atoms with Crippen LogP contribution in [0.2, 0.25) is 0 Å². The van der Waals surface area contributed by atoms with Gasteiger partial charge in [-0.25, -0.2) is 0 Å². The molecule has 1 aliphatic carbocycles. The van der Waals surface area contributed by atoms with Crippen LogP contribution in [0.4, 0.5) is 0 Å². The monoisotopic (exact) mass is 327 g/mol. The fourth-order valence-corrected chi connectivity index (χ4v) is 3.92. The molecule has 0 amide bonds. The van der Waals surface area contributed by atoms with Gasteiger partial charge in [0.1, 0.15) is 0 Å². The van der Waals surface area contributed by atoms with Gasteiger partial charge < -0.3 is 14.0 Å². The second-order valence-electron chi connectivity index (χ2n) is 6.22. The lowest BCUT2D eigenvalue weighted by Gasteiger charge is -2.36. The van der Waals surface area contributed by atoms with Gasteiger partial charge in [-0.3, -0.25) is 9.59 Å². The van der Waals surface area contributed by atoms with E-state index in [9.17, 15) is 9.59 Å². The van der Waals surface area contributed by atoms with E-state index in [4.69, 9.17) is 9.47 Å². The number of fused-ring (bicyclic) bond motifs is 3. The van der Waals surface area contributed by atoms with Crippen molar-refractivity contribution in [2.45, 2.75) is 18.8 Å². The minimum absolute atomic E-state index is 0.127. The van der Waals surface area contributed by atoms with Crippen LogP contribution < -0.4 is 0 Å². The smallest absolute Gasteiger partial charge is 0.323 e. The molecule has 1 aliphatic rings. The van der Waals surface area contributed by atoms with E-state index in [-0.39, 0.29) is 12.3 Å². The van der Waals surface area contributed by atoms with Crippen LogP contribution in [0.5, 0.6) is 0 Å². The molecule has 5 nitrogen and oxygen atoms in total. The summed E-state index contributed by atoms with van der Waals surface area (Å²) in [5, 5.41) is 1.13. The largest absolute Gasteiger partial charge is 0.468 e. The zero-order chi connectivity index (χ0) is 17.5. The molecule has 1 heterocycles. The van der Waals surface area contributed by atoms with E-state index in [0.717, 1.165) is 22.2 Å². The lowest BCUT2D eigenvalue weighted by atomic mass is 9.68. The summed E-state index contributed by atoms with van der Waals surface area (Å²) in [6, 6.07) is 8.06. The van der Waals surface area contributed by atoms with E-state index >= 15 is 0 Å². The van der Waals surface area contributed by atoms with Gasteiger partial charge in [0.25, 0.3) is 0 Å². The van der Waals surface area contributed by atoms with E-state index in [1.807, 2.05) is 29.8 Å². The molecular weight excluding hydrogens is 306 g/mol. The molecule has 0 aliphatic heterocycles. The SMILES string of the molecule is C=C[C@@H]1CC(C(=O)OC)(C(=O)OC)Cc2c1c1ccccc1n2C. The van der Waals surface area contributed by atoms with E-state index in [1.54, 1.807) is 6.08 Å². The van der Waals surface area contributed by atoms with Crippen molar-refractivity contribution in [1.29, 1.82) is 0 Å². The lowest BCUT2D eigenvalue weighted by Crippen LogP contribution is -2.46. The van der Waals surface area contributed by atoms with Crippen LogP contribution in [-0.2, 0) is 32.5 Å². The standard InChI is InChI=1S/C19H21NO4/c1-5-12-10-19(17(21)23-3,18(22)24-4)11-15-16(12)13-8-6-7-9-14(13)20(15)2/h5-9,12H,1,10-11H2,2-4H3/t12-/m1/s1. The van der Waals surface area contributed by atoms with Gasteiger partial charge in [-0.2, -0.15) is 0 Å². The van der Waals surface area contributed by atoms with Crippen LogP contribution in [0.25, 0.3) is 10.9 Å². The summed E-state index contributed by atoms with van der Waals surface area (Å²) in [5.41, 5.74) is 1.81. The molecule has 0 saturated carbocycles. The fraction of sp³-hybridized carbons (Fsp3) is 0.368. The fourth-order valence-electron chi connectivity index (χ4n) is 3.92. The van der Waals surface area contributed by atoms with Crippen molar-refractivity contribution in [2.24, 2.45) is 12.5 Å². The van der Waals surface area contributed by atoms with Gasteiger partial charge >= 0.3 is 11.9 Å². The molecule has 0 fully saturated rings. The van der Waals surface area contributed by atoms with Crippen LogP contribution in [0.3, 0.4) is 0 Å². The summed E-state index contributed by atoms with van der Waals surface area (Å²) in [5.74, 6) is -1.24. The predicted octanol–water partition coefficient (Wildman–Crippen LogP) is 2.73. The number of ether oxygens (including phenoxy) is 2. The number of benzene rings is 1. The first-order valence-corrected chi connectivity index (χ1v) is 7.85. The number of rotatable bonds is 3. The Hall–Kier alpha value is -2.56. The van der Waals surface area contributed by atoms with Crippen molar-refractivity contribution in [3.63, 3.8) is 0 Å². The van der Waals surface area contributed by atoms with E-state index < -0.39 is 17.4 Å². The Morgan fingerprint density at radius 2 is 1.88 bits per heavy atom. The Kier molecular flexibility index (Phi) is 3.95. The summed E-state index contributed by atoms with van der Waals surface area (Å²) in [4.78, 5) is 25.0. The predicted molar refractivity (Wildman–Crippen MR) is 90.6 cm³/mol. The molecule has 0 N–H and O–H groups in total. The van der Waals surface area contributed by atoms with Crippen LogP contribution in [-0.4, -0.2) is 30.7 Å². The Balaban J connectivity index is 2.28. The highest BCUT2D eigenvalue weighted by atomic mass is 16.5. The highest BCUT2D eigenvalue weighted by Crippen LogP contribution is 2.47. The molecule has 126 valence electrons. The molecule has 24 heavy (non-hydrogen) atoms. The molecule has 0 spiro atoms. The molecule has 0 radical (unpaired) electrons. The molecule has 1 aromatic heterocycles. The number of allylic oxidation sites excluding steroid dienone is 1. The highest BCUT2D eigenvalue weighted by molar-refractivity contribution is 6.01. The molecular formula is C19H21NO4. The van der Waals surface area contributed by atoms with E-state index in [2.05, 4.69) is 12.6 Å². The molecule has 1 aromatic carbocycles. The average molecular weight is 327 g/mol. The van der Waals surface area contributed by atoms with E-state index in [0.29, 0.717) is 6.42 Å². The number of hydrogen-bond donors (Lipinski definition) is 0. The number of carbonyl (C=O) groups is 2. The number of nitrogens with zero attached hydrogens (tertiary/aromatic N) is 1. The van der Waals surface area contributed by atoms with Crippen molar-refractivity contribution >= 4 is 22.8 Å². The molecule has 0 bridgehead atoms. The second-order valence-corrected chi connectivity index (χ2v) is 6.22. The normalized spacial score (nSPS) is 18.7. The summed E-state index contributed by atoms with van der Waals surface area (Å²) in [7, 11) is 4.55. The summed E-state index contributed by atoms with van der Waals surface area (Å²) >= 11 is 0. The molecule has 0 unspecified atom stereocenters. The van der Waals surface area contributed by atoms with Gasteiger partial charge in [-0.1, -0.05) is 24.3 Å². The quantitative estimate of drug-likeness (QED) is 0.494. The van der Waals surface area contributed by atoms with Gasteiger partial charge in [0, 0.05) is 36.0 Å². The first-order valence-electron chi connectivity index (χ1n) is 7.85. The van der Waals surface area contributed by atoms with Crippen molar-refractivity contribution < 1.29 is 19.1 Å². The maximum absolute atomic E-state index is 12.5. The first-order chi connectivity index (χ1) is 11.5. The Morgan fingerprint density at radius 1 is 1.25 bits per heavy atom. The Labute approximate surface area is 140 Å². The maximum atomic E-state index is 12.5. The van der Waals surface area contributed by atoms with E-state index in [1.165, 1.54) is 14.2 Å². The Bertz CT molecular complexity index is 817. The molecule has 3 rings (SSSR count). The van der Waals surface area contributed by atoms with Gasteiger partial charge in [-0.15, -0.1) is 6.58 Å². The van der Waals surface area contributed by atoms with Gasteiger partial charge in [0.15, 0.2) is 5.41 Å². The van der Waals surface area contributed by atoms with Crippen molar-refractivity contribution in [2.75, 3.05) is 14.2 Å². The minimum atomic E-state index is -1.34. The van der Waals surface area contributed by atoms with Gasteiger partial charge in [0.05, 0.1) is 14.2 Å². The van der Waals surface area contributed by atoms with Crippen LogP contribution in [0, 0.1) is 5.41 Å². The van der Waals surface area contributed by atoms with Crippen molar-refractivity contribution in [3.05, 3.63) is 48.2 Å².